The second-order valence-corrected chi connectivity index (χ2v) is 5.64. The number of nitrogens with one attached hydrogen (secondary N) is 1. The van der Waals surface area contributed by atoms with Crippen molar-refractivity contribution < 1.29 is 0 Å². The van der Waals surface area contributed by atoms with Crippen LogP contribution >= 0.6 is 11.3 Å². The van der Waals surface area contributed by atoms with Crippen molar-refractivity contribution >= 4 is 22.4 Å². The quantitative estimate of drug-likeness (QED) is 0.794. The van der Waals surface area contributed by atoms with Crippen LogP contribution in [0.25, 0.3) is 11.0 Å². The van der Waals surface area contributed by atoms with E-state index in [2.05, 4.69) is 39.0 Å². The van der Waals surface area contributed by atoms with Crippen LogP contribution < -0.4 is 5.32 Å². The molecule has 0 saturated heterocycles. The minimum Gasteiger partial charge on any atom is -0.308 e. The summed E-state index contributed by atoms with van der Waals surface area (Å²) in [5, 5.41) is 11.1. The number of fused-ring (bicyclic) bond motifs is 1. The Morgan fingerprint density at radius 3 is 3.05 bits per heavy atom. The molecule has 0 atom stereocenters. The Bertz CT molecular complexity index is 685. The van der Waals surface area contributed by atoms with Crippen LogP contribution in [0, 0.1) is 6.92 Å². The van der Waals surface area contributed by atoms with Gasteiger partial charge in [-0.15, -0.1) is 11.3 Å². The summed E-state index contributed by atoms with van der Waals surface area (Å²) in [5.74, 6) is 0. The molecular formula is C14H16N4S. The van der Waals surface area contributed by atoms with Crippen LogP contribution in [0.1, 0.15) is 16.1 Å². The molecule has 0 fully saturated rings. The highest BCUT2D eigenvalue weighted by Crippen LogP contribution is 2.16. The van der Waals surface area contributed by atoms with Crippen molar-refractivity contribution in [2.45, 2.75) is 20.0 Å². The van der Waals surface area contributed by atoms with E-state index < -0.39 is 0 Å². The van der Waals surface area contributed by atoms with Gasteiger partial charge in [-0.1, -0.05) is 6.07 Å². The van der Waals surface area contributed by atoms with Crippen molar-refractivity contribution in [3.63, 3.8) is 0 Å². The smallest absolute Gasteiger partial charge is 0.157 e. The normalized spacial score (nSPS) is 11.3. The van der Waals surface area contributed by atoms with E-state index in [9.17, 15) is 0 Å². The van der Waals surface area contributed by atoms with Gasteiger partial charge in [-0.05, 0) is 30.0 Å². The molecule has 4 nitrogen and oxygen atoms in total. The Hall–Kier alpha value is -1.72. The Morgan fingerprint density at radius 2 is 2.26 bits per heavy atom. The predicted molar refractivity (Wildman–Crippen MR) is 78.1 cm³/mol. The summed E-state index contributed by atoms with van der Waals surface area (Å²) in [7, 11) is 1.93. The largest absolute Gasteiger partial charge is 0.308 e. The lowest BCUT2D eigenvalue weighted by Gasteiger charge is -2.03. The third kappa shape index (κ3) is 2.52. The van der Waals surface area contributed by atoms with Gasteiger partial charge in [0.15, 0.2) is 5.65 Å². The lowest BCUT2D eigenvalue weighted by molar-refractivity contribution is 0.699. The zero-order chi connectivity index (χ0) is 13.2. The minimum atomic E-state index is 0.829. The molecule has 19 heavy (non-hydrogen) atoms. The van der Waals surface area contributed by atoms with E-state index in [1.54, 1.807) is 11.3 Å². The van der Waals surface area contributed by atoms with Crippen molar-refractivity contribution in [1.82, 2.24) is 20.1 Å². The molecule has 0 amide bonds. The number of pyridine rings is 1. The maximum atomic E-state index is 4.48. The average molecular weight is 272 g/mol. The molecule has 5 heteroatoms. The first kappa shape index (κ1) is 12.3. The summed E-state index contributed by atoms with van der Waals surface area (Å²) in [4.78, 5) is 5.83. The molecule has 98 valence electrons. The molecule has 0 aliphatic rings. The Labute approximate surface area is 116 Å². The van der Waals surface area contributed by atoms with Crippen molar-refractivity contribution in [1.29, 1.82) is 0 Å². The van der Waals surface area contributed by atoms with Gasteiger partial charge in [-0.2, -0.15) is 5.10 Å². The molecule has 0 spiro atoms. The van der Waals surface area contributed by atoms with E-state index in [0.29, 0.717) is 0 Å². The van der Waals surface area contributed by atoms with Gasteiger partial charge in [-0.3, -0.25) is 4.68 Å². The first-order valence-corrected chi connectivity index (χ1v) is 7.13. The van der Waals surface area contributed by atoms with Crippen LogP contribution in [-0.2, 0) is 20.1 Å². The van der Waals surface area contributed by atoms with Gasteiger partial charge in [0.05, 0.1) is 5.69 Å². The number of aryl methyl sites for hydroxylation is 2. The summed E-state index contributed by atoms with van der Waals surface area (Å²) < 4.78 is 1.83. The molecule has 3 aromatic heterocycles. The van der Waals surface area contributed by atoms with E-state index in [1.807, 2.05) is 24.9 Å². The second kappa shape index (κ2) is 5.11. The van der Waals surface area contributed by atoms with Crippen molar-refractivity contribution in [3.8, 4) is 0 Å². The maximum absolute atomic E-state index is 4.48. The topological polar surface area (TPSA) is 42.7 Å². The predicted octanol–water partition coefficient (Wildman–Crippen LogP) is 2.63. The van der Waals surface area contributed by atoms with Crippen LogP contribution in [0.2, 0.25) is 0 Å². The fraction of sp³-hybridized carbons (Fsp3) is 0.286. The fourth-order valence-electron chi connectivity index (χ4n) is 2.19. The number of hydrogen-bond donors (Lipinski definition) is 1. The number of hydrogen-bond acceptors (Lipinski definition) is 4. The molecule has 0 bridgehead atoms. The molecular weight excluding hydrogens is 256 g/mol. The lowest BCUT2D eigenvalue weighted by atomic mass is 10.2. The average Bonchev–Trinajstić information content (AvgIpc) is 3.00. The van der Waals surface area contributed by atoms with E-state index in [4.69, 9.17) is 0 Å². The van der Waals surface area contributed by atoms with E-state index >= 15 is 0 Å². The first-order chi connectivity index (χ1) is 9.24. The Balaban J connectivity index is 1.73. The standard InChI is InChI=1S/C14H16N4S/c1-10-13-6-11(8-16-14(13)18(2)17-10)7-15-9-12-4-3-5-19-12/h3-6,8,15H,7,9H2,1-2H3. The Morgan fingerprint density at radius 1 is 1.37 bits per heavy atom. The number of nitrogens with zero attached hydrogens (tertiary/aromatic N) is 3. The van der Waals surface area contributed by atoms with Crippen LogP contribution in [0.3, 0.4) is 0 Å². The molecule has 3 aromatic rings. The van der Waals surface area contributed by atoms with Gasteiger partial charge >= 0.3 is 0 Å². The highest BCUT2D eigenvalue weighted by molar-refractivity contribution is 7.09. The monoisotopic (exact) mass is 272 g/mol. The second-order valence-electron chi connectivity index (χ2n) is 4.61. The van der Waals surface area contributed by atoms with E-state index in [-0.39, 0.29) is 0 Å². The van der Waals surface area contributed by atoms with Gasteiger partial charge in [0.1, 0.15) is 0 Å². The van der Waals surface area contributed by atoms with Crippen LogP contribution in [0.4, 0.5) is 0 Å². The number of thiophene rings is 1. The molecule has 0 aliphatic heterocycles. The molecule has 0 unspecified atom stereocenters. The highest BCUT2D eigenvalue weighted by Gasteiger charge is 2.06. The summed E-state index contributed by atoms with van der Waals surface area (Å²) in [6.45, 7) is 3.75. The van der Waals surface area contributed by atoms with Gasteiger partial charge < -0.3 is 5.32 Å². The summed E-state index contributed by atoms with van der Waals surface area (Å²) in [6, 6.07) is 6.39. The van der Waals surface area contributed by atoms with Gasteiger partial charge in [-0.25, -0.2) is 4.98 Å². The first-order valence-electron chi connectivity index (χ1n) is 6.25. The van der Waals surface area contributed by atoms with Crippen molar-refractivity contribution in [2.75, 3.05) is 0 Å². The summed E-state index contributed by atoms with van der Waals surface area (Å²) in [5.41, 5.74) is 3.17. The number of aromatic nitrogens is 3. The van der Waals surface area contributed by atoms with Crippen molar-refractivity contribution in [2.24, 2.45) is 7.05 Å². The van der Waals surface area contributed by atoms with Crippen molar-refractivity contribution in [3.05, 3.63) is 45.9 Å². The summed E-state index contributed by atoms with van der Waals surface area (Å²) >= 11 is 1.77. The molecule has 0 aromatic carbocycles. The molecule has 0 radical (unpaired) electrons. The SMILES string of the molecule is Cc1nn(C)c2ncc(CNCc3cccs3)cc12. The molecule has 3 heterocycles. The van der Waals surface area contributed by atoms with Gasteiger partial charge in [0.2, 0.25) is 0 Å². The van der Waals surface area contributed by atoms with Crippen LogP contribution in [0.15, 0.2) is 29.8 Å². The maximum Gasteiger partial charge on any atom is 0.157 e. The highest BCUT2D eigenvalue weighted by atomic mass is 32.1. The number of rotatable bonds is 4. The fourth-order valence-corrected chi connectivity index (χ4v) is 2.87. The molecule has 3 rings (SSSR count). The summed E-state index contributed by atoms with van der Waals surface area (Å²) in [6.07, 6.45) is 1.92. The van der Waals surface area contributed by atoms with Gasteiger partial charge in [0.25, 0.3) is 0 Å². The third-order valence-corrected chi connectivity index (χ3v) is 4.00. The minimum absolute atomic E-state index is 0.829. The molecule has 0 aliphatic carbocycles. The third-order valence-electron chi connectivity index (χ3n) is 3.13. The zero-order valence-electron chi connectivity index (χ0n) is 11.1. The van der Waals surface area contributed by atoms with Crippen LogP contribution in [0.5, 0.6) is 0 Å². The van der Waals surface area contributed by atoms with Gasteiger partial charge in [0, 0.05) is 36.6 Å². The van der Waals surface area contributed by atoms with E-state index in [0.717, 1.165) is 29.8 Å². The van der Waals surface area contributed by atoms with Crippen LogP contribution in [-0.4, -0.2) is 14.8 Å². The van der Waals surface area contributed by atoms with E-state index in [1.165, 1.54) is 10.4 Å². The molecule has 1 N–H and O–H groups in total. The lowest BCUT2D eigenvalue weighted by Crippen LogP contribution is -2.11. The Kier molecular flexibility index (Phi) is 3.31. The zero-order valence-corrected chi connectivity index (χ0v) is 11.9. The molecule has 0 saturated carbocycles.